The molecule has 1 unspecified atom stereocenters. The van der Waals surface area contributed by atoms with Crippen molar-refractivity contribution >= 4 is 30.3 Å². The second-order valence-corrected chi connectivity index (χ2v) is 21.9. The van der Waals surface area contributed by atoms with Crippen LogP contribution in [-0.2, 0) is 25.5 Å². The van der Waals surface area contributed by atoms with E-state index in [0.29, 0.717) is 11.3 Å². The molecular weight excluding hydrogens is 959 g/mol. The summed E-state index contributed by atoms with van der Waals surface area (Å²) in [6.45, 7) is 6.78. The predicted molar refractivity (Wildman–Crippen MR) is 260 cm³/mol. The summed E-state index contributed by atoms with van der Waals surface area (Å²) in [5.41, 5.74) is 15.1. The molecule has 0 spiro atoms. The van der Waals surface area contributed by atoms with Crippen LogP contribution in [-0.4, -0.2) is 13.1 Å². The average molecular weight is 1010 g/mol. The molecule has 5 heteroatoms. The van der Waals surface area contributed by atoms with Gasteiger partial charge in [-0.1, -0.05) is 177 Å². The average Bonchev–Trinajstić information content (AvgIpc) is 3.88. The zero-order valence-corrected chi connectivity index (χ0v) is 38.7. The summed E-state index contributed by atoms with van der Waals surface area (Å²) < 4.78 is 22.7. The Labute approximate surface area is 390 Å². The van der Waals surface area contributed by atoms with Crippen molar-refractivity contribution in [2.75, 3.05) is 4.90 Å². The molecule has 1 atom stereocenters. The van der Waals surface area contributed by atoms with Crippen LogP contribution in [0.15, 0.2) is 218 Å². The molecule has 2 heterocycles. The molecule has 11 rings (SSSR count). The van der Waals surface area contributed by atoms with E-state index in [1.807, 2.05) is 12.3 Å². The monoisotopic (exact) mass is 1010 g/mol. The maximum absolute atomic E-state index is 7.64. The Hall–Kier alpha value is -6.62. The van der Waals surface area contributed by atoms with E-state index < -0.39 is 13.5 Å². The van der Waals surface area contributed by atoms with Crippen molar-refractivity contribution in [3.05, 3.63) is 264 Å². The van der Waals surface area contributed by atoms with E-state index >= 15 is 0 Å². The molecule has 0 saturated heterocycles. The van der Waals surface area contributed by atoms with Gasteiger partial charge >= 0.3 is 20.1 Å². The van der Waals surface area contributed by atoms with Crippen LogP contribution in [0.1, 0.15) is 38.1 Å². The van der Waals surface area contributed by atoms with Crippen molar-refractivity contribution in [3.8, 4) is 33.5 Å². The van der Waals surface area contributed by atoms with Crippen molar-refractivity contribution in [1.29, 1.82) is 0 Å². The number of fused-ring (bicyclic) bond motifs is 4. The Kier molecular flexibility index (Phi) is 10.7. The molecule has 0 fully saturated rings. The van der Waals surface area contributed by atoms with E-state index in [0.717, 1.165) is 22.6 Å². The first kappa shape index (κ1) is 38.1. The van der Waals surface area contributed by atoms with E-state index in [1.54, 1.807) is 0 Å². The van der Waals surface area contributed by atoms with Crippen LogP contribution < -0.4 is 10.1 Å². The van der Waals surface area contributed by atoms with Gasteiger partial charge in [0.15, 0.2) is 0 Å². The van der Waals surface area contributed by atoms with Gasteiger partial charge in [-0.2, -0.15) is 23.8 Å². The van der Waals surface area contributed by atoms with E-state index in [-0.39, 0.29) is 44.4 Å². The number of nitrogens with zero attached hydrogens (tertiary/aromatic N) is 3. The molecule has 1 aliphatic heterocycles. The maximum atomic E-state index is 7.64. The number of hydrogen-bond donors (Lipinski definition) is 0. The summed E-state index contributed by atoms with van der Waals surface area (Å²) in [6, 6.07) is 75.1. The van der Waals surface area contributed by atoms with Gasteiger partial charge in [0.1, 0.15) is 0 Å². The Bertz CT molecular complexity index is 3080. The van der Waals surface area contributed by atoms with Gasteiger partial charge in [0.05, 0.1) is 8.07 Å². The minimum atomic E-state index is -1.36. The molecule has 306 valence electrons. The van der Waals surface area contributed by atoms with E-state index in [2.05, 4.69) is 224 Å². The van der Waals surface area contributed by atoms with Crippen LogP contribution in [0.3, 0.4) is 0 Å². The molecule has 0 amide bonds. The van der Waals surface area contributed by atoms with Gasteiger partial charge in [-0.15, -0.1) is 52.6 Å². The topological polar surface area (TPSA) is 30.2 Å². The van der Waals surface area contributed by atoms with Crippen molar-refractivity contribution in [2.24, 2.45) is 0 Å². The fraction of sp³-hybridized carbons (Fsp3) is 0.0862. The van der Waals surface area contributed by atoms with Crippen LogP contribution in [0.2, 0.25) is 19.6 Å². The molecule has 0 radical (unpaired) electrons. The largest absolute Gasteiger partial charge is 3.00 e. The fourth-order valence-corrected chi connectivity index (χ4v) is 10.0. The van der Waals surface area contributed by atoms with Crippen LogP contribution in [0.25, 0.3) is 38.8 Å². The molecule has 9 aromatic rings. The van der Waals surface area contributed by atoms with Crippen LogP contribution in [0.4, 0.5) is 17.1 Å². The van der Waals surface area contributed by atoms with Gasteiger partial charge < -0.3 is 15.2 Å². The zero-order valence-electron chi connectivity index (χ0n) is 38.3. The summed E-state index contributed by atoms with van der Waals surface area (Å²) in [7, 11) is -1.36. The van der Waals surface area contributed by atoms with Crippen LogP contribution in [0, 0.1) is 12.1 Å². The van der Waals surface area contributed by atoms with Gasteiger partial charge in [-0.05, 0) is 70.0 Å². The molecular formula is C58H46IrN3Si. The molecule has 1 aromatic heterocycles. The third kappa shape index (κ3) is 7.78. The van der Waals surface area contributed by atoms with Gasteiger partial charge in [0.25, 0.3) is 0 Å². The molecule has 0 bridgehead atoms. The normalized spacial score (nSPS) is 14.9. The fourth-order valence-electron chi connectivity index (χ4n) is 8.99. The Balaban J connectivity index is 0.000000231. The Morgan fingerprint density at radius 2 is 1.25 bits per heavy atom. The summed E-state index contributed by atoms with van der Waals surface area (Å²) in [5, 5.41) is 6.56. The summed E-state index contributed by atoms with van der Waals surface area (Å²) >= 11 is 0. The van der Waals surface area contributed by atoms with Gasteiger partial charge in [-0.3, -0.25) is 0 Å². The molecule has 8 aromatic carbocycles. The number of anilines is 2. The number of para-hydroxylation sites is 2. The first-order valence-corrected chi connectivity index (χ1v) is 24.6. The number of rotatable bonds is 7. The second kappa shape index (κ2) is 17.6. The molecule has 2 aliphatic rings. The predicted octanol–water partition coefficient (Wildman–Crippen LogP) is 14.5. The van der Waals surface area contributed by atoms with E-state index in [9.17, 15) is 0 Å². The van der Waals surface area contributed by atoms with Gasteiger partial charge in [-0.25, -0.2) is 0 Å². The molecule has 63 heavy (non-hydrogen) atoms. The van der Waals surface area contributed by atoms with Gasteiger partial charge in [0, 0.05) is 25.7 Å². The number of hydrogen-bond acceptors (Lipinski definition) is 2. The summed E-state index contributed by atoms with van der Waals surface area (Å²) in [5.74, 6) is 0. The van der Waals surface area contributed by atoms with Crippen molar-refractivity contribution < 1.29 is 24.2 Å². The van der Waals surface area contributed by atoms with Crippen molar-refractivity contribution in [3.63, 3.8) is 0 Å². The number of benzene rings is 8. The molecule has 0 saturated carbocycles. The number of aromatic nitrogens is 1. The third-order valence-electron chi connectivity index (χ3n) is 12.0. The SMILES string of the molecule is [2H]c1[c-]c(-c2ccc([Si](C)(C)C)cn2)cc([2H])c1[2H].[Ir+3].[c-]1cc2c(cc1C1[N-]c3ccccc3N1c1ccc(-c3ccccc3)cc1)-c1ccccc1C2(c1ccccc1)c1ccccc1. The quantitative estimate of drug-likeness (QED) is 0.118. The Morgan fingerprint density at radius 3 is 1.92 bits per heavy atom. The number of pyridine rings is 1. The van der Waals surface area contributed by atoms with Crippen LogP contribution in [0.5, 0.6) is 0 Å². The zero-order chi connectivity index (χ0) is 44.7. The standard InChI is InChI=1S/C44H30N2.C14H16NSi.Ir/c1-4-14-31(15-5-1)32-24-27-36(28-25-32)46-42-23-13-12-22-41(42)45-43(46)33-26-29-40-38(30-33)37-20-10-11-21-39(37)44(40,34-16-6-2-7-17-34)35-18-8-3-9-19-35;1-16(2,3)13-9-10-14(15-11-13)12-7-5-4-6-8-12;/h1-25,27-30,43H;4-7,9-11H,1-3H3;/q-2;-1;+3/i;4D,5D,6D;. The first-order valence-electron chi connectivity index (χ1n) is 22.6. The summed E-state index contributed by atoms with van der Waals surface area (Å²) in [4.78, 5) is 6.75. The van der Waals surface area contributed by atoms with Gasteiger partial charge in [0.2, 0.25) is 0 Å². The minimum Gasteiger partial charge on any atom is -0.661 e. The van der Waals surface area contributed by atoms with Crippen molar-refractivity contribution in [1.82, 2.24) is 4.98 Å². The summed E-state index contributed by atoms with van der Waals surface area (Å²) in [6.07, 6.45) is 1.64. The molecule has 0 N–H and O–H groups in total. The van der Waals surface area contributed by atoms with E-state index in [4.69, 9.17) is 9.43 Å². The van der Waals surface area contributed by atoms with Crippen molar-refractivity contribution in [2.45, 2.75) is 31.2 Å². The Morgan fingerprint density at radius 1 is 0.619 bits per heavy atom. The second-order valence-electron chi connectivity index (χ2n) is 16.8. The molecule has 1 aliphatic carbocycles. The maximum Gasteiger partial charge on any atom is 3.00 e. The van der Waals surface area contributed by atoms with Crippen LogP contribution >= 0.6 is 0 Å². The molecule has 3 nitrogen and oxygen atoms in total. The first-order chi connectivity index (χ1) is 31.6. The van der Waals surface area contributed by atoms with E-state index in [1.165, 1.54) is 55.8 Å². The third-order valence-corrected chi connectivity index (χ3v) is 14.1. The minimum absolute atomic E-state index is 0. The smallest absolute Gasteiger partial charge is 0.661 e.